The van der Waals surface area contributed by atoms with Crippen LogP contribution in [-0.2, 0) is 4.79 Å². The van der Waals surface area contributed by atoms with Crippen LogP contribution >= 0.6 is 0 Å². The Morgan fingerprint density at radius 1 is 1.44 bits per heavy atom. The van der Waals surface area contributed by atoms with Crippen LogP contribution in [0.2, 0.25) is 0 Å². The van der Waals surface area contributed by atoms with Gasteiger partial charge in [-0.2, -0.15) is 0 Å². The lowest BCUT2D eigenvalue weighted by Crippen LogP contribution is -2.41. The monoisotopic (exact) mass is 257 g/mol. The van der Waals surface area contributed by atoms with E-state index in [1.807, 2.05) is 0 Å². The van der Waals surface area contributed by atoms with Crippen molar-refractivity contribution in [1.82, 2.24) is 15.5 Å². The molecule has 0 radical (unpaired) electrons. The largest absolute Gasteiger partial charge is 0.481 e. The highest BCUT2D eigenvalue weighted by Gasteiger charge is 2.20. The van der Waals surface area contributed by atoms with Crippen LogP contribution in [0.15, 0.2) is 0 Å². The van der Waals surface area contributed by atoms with Crippen LogP contribution in [0, 0.1) is 11.8 Å². The van der Waals surface area contributed by atoms with Gasteiger partial charge >= 0.3 is 12.0 Å². The number of carbonyl (C=O) groups is 2. The van der Waals surface area contributed by atoms with Gasteiger partial charge < -0.3 is 20.6 Å². The summed E-state index contributed by atoms with van der Waals surface area (Å²) >= 11 is 0. The molecule has 0 aromatic rings. The van der Waals surface area contributed by atoms with Crippen molar-refractivity contribution in [3.05, 3.63) is 0 Å². The smallest absolute Gasteiger partial charge is 0.314 e. The molecule has 1 heterocycles. The fourth-order valence-electron chi connectivity index (χ4n) is 2.11. The van der Waals surface area contributed by atoms with E-state index in [9.17, 15) is 9.59 Å². The maximum absolute atomic E-state index is 11.5. The topological polar surface area (TPSA) is 81.7 Å². The van der Waals surface area contributed by atoms with Crippen LogP contribution in [0.4, 0.5) is 4.79 Å². The molecule has 2 unspecified atom stereocenters. The highest BCUT2D eigenvalue weighted by molar-refractivity contribution is 5.75. The first kappa shape index (κ1) is 14.8. The molecule has 0 bridgehead atoms. The van der Waals surface area contributed by atoms with Gasteiger partial charge in [-0.25, -0.2) is 4.79 Å². The summed E-state index contributed by atoms with van der Waals surface area (Å²) in [6.45, 7) is 4.72. The van der Waals surface area contributed by atoms with E-state index >= 15 is 0 Å². The number of hydrogen-bond acceptors (Lipinski definition) is 3. The molecule has 1 saturated heterocycles. The molecular formula is C12H23N3O3. The average molecular weight is 257 g/mol. The van der Waals surface area contributed by atoms with Gasteiger partial charge in [-0.3, -0.25) is 4.79 Å². The lowest BCUT2D eigenvalue weighted by molar-refractivity contribution is -0.141. The van der Waals surface area contributed by atoms with Gasteiger partial charge in [0.25, 0.3) is 0 Å². The molecule has 0 spiro atoms. The van der Waals surface area contributed by atoms with Gasteiger partial charge in [0.15, 0.2) is 0 Å². The van der Waals surface area contributed by atoms with Crippen LogP contribution in [0.25, 0.3) is 0 Å². The minimum absolute atomic E-state index is 0.183. The predicted molar refractivity (Wildman–Crippen MR) is 68.4 cm³/mol. The third kappa shape index (κ3) is 4.91. The second-order valence-electron chi connectivity index (χ2n) is 4.95. The third-order valence-corrected chi connectivity index (χ3v) is 3.39. The molecule has 104 valence electrons. The van der Waals surface area contributed by atoms with E-state index in [1.165, 1.54) is 0 Å². The number of aliphatic carboxylic acids is 1. The summed E-state index contributed by atoms with van der Waals surface area (Å²) in [5, 5.41) is 14.2. The molecule has 2 amide bonds. The molecule has 3 N–H and O–H groups in total. The Morgan fingerprint density at radius 2 is 2.17 bits per heavy atom. The minimum atomic E-state index is -0.866. The second kappa shape index (κ2) is 7.20. The number of likely N-dealkylation sites (tertiary alicyclic amines) is 1. The molecule has 1 rings (SSSR count). The van der Waals surface area contributed by atoms with Gasteiger partial charge in [-0.05, 0) is 32.4 Å². The van der Waals surface area contributed by atoms with Gasteiger partial charge in [0.2, 0.25) is 0 Å². The molecule has 1 aliphatic heterocycles. The summed E-state index contributed by atoms with van der Waals surface area (Å²) in [6, 6.07) is -0.274. The van der Waals surface area contributed by atoms with Crippen LogP contribution < -0.4 is 10.6 Å². The highest BCUT2D eigenvalue weighted by Crippen LogP contribution is 2.12. The van der Waals surface area contributed by atoms with E-state index in [0.29, 0.717) is 18.9 Å². The molecule has 0 saturated carbocycles. The predicted octanol–water partition coefficient (Wildman–Crippen LogP) is 0.348. The van der Waals surface area contributed by atoms with E-state index in [4.69, 9.17) is 5.11 Å². The number of hydrogen-bond donors (Lipinski definition) is 3. The number of urea groups is 1. The number of carbonyl (C=O) groups excluding carboxylic acids is 1. The Morgan fingerprint density at radius 3 is 2.67 bits per heavy atom. The molecule has 0 aromatic carbocycles. The van der Waals surface area contributed by atoms with Gasteiger partial charge in [-0.15, -0.1) is 0 Å². The first-order valence-electron chi connectivity index (χ1n) is 6.46. The van der Waals surface area contributed by atoms with Crippen molar-refractivity contribution in [2.45, 2.75) is 19.8 Å². The van der Waals surface area contributed by atoms with Crippen LogP contribution in [-0.4, -0.2) is 55.2 Å². The lowest BCUT2D eigenvalue weighted by Gasteiger charge is -2.14. The van der Waals surface area contributed by atoms with Crippen molar-refractivity contribution in [3.63, 3.8) is 0 Å². The van der Waals surface area contributed by atoms with Crippen molar-refractivity contribution in [2.24, 2.45) is 11.8 Å². The van der Waals surface area contributed by atoms with Crippen LogP contribution in [0.1, 0.15) is 19.8 Å². The molecule has 0 aliphatic carbocycles. The third-order valence-electron chi connectivity index (χ3n) is 3.39. The van der Waals surface area contributed by atoms with Gasteiger partial charge in [0, 0.05) is 19.6 Å². The Bertz CT molecular complexity index is 296. The van der Waals surface area contributed by atoms with Crippen LogP contribution in [0.5, 0.6) is 0 Å². The van der Waals surface area contributed by atoms with Crippen LogP contribution in [0.3, 0.4) is 0 Å². The molecule has 6 heteroatoms. The van der Waals surface area contributed by atoms with E-state index in [0.717, 1.165) is 19.5 Å². The zero-order valence-corrected chi connectivity index (χ0v) is 11.1. The minimum Gasteiger partial charge on any atom is -0.481 e. The molecule has 6 nitrogen and oxygen atoms in total. The summed E-state index contributed by atoms with van der Waals surface area (Å²) in [6.07, 6.45) is 1.62. The number of rotatable bonds is 6. The summed E-state index contributed by atoms with van der Waals surface area (Å²) < 4.78 is 0. The first-order chi connectivity index (χ1) is 8.52. The molecular weight excluding hydrogens is 234 g/mol. The molecule has 1 fully saturated rings. The van der Waals surface area contributed by atoms with Crippen molar-refractivity contribution >= 4 is 12.0 Å². The number of amides is 2. The Balaban J connectivity index is 2.15. The van der Waals surface area contributed by atoms with Crippen molar-refractivity contribution < 1.29 is 14.7 Å². The fourth-order valence-corrected chi connectivity index (χ4v) is 2.11. The summed E-state index contributed by atoms with van der Waals surface area (Å²) in [7, 11) is 2.07. The fraction of sp³-hybridized carbons (Fsp3) is 0.833. The standard InChI is InChI=1S/C12H23N3O3/c1-3-10(11(16)17)7-14-12(18)13-6-9-4-5-15(2)8-9/h9-10H,3-8H2,1-2H3,(H,16,17)(H2,13,14,18). The van der Waals surface area contributed by atoms with E-state index < -0.39 is 11.9 Å². The zero-order valence-electron chi connectivity index (χ0n) is 11.1. The number of carboxylic acids is 1. The Hall–Kier alpha value is -1.30. The SMILES string of the molecule is CCC(CNC(=O)NCC1CCN(C)C1)C(=O)O. The van der Waals surface area contributed by atoms with E-state index in [-0.39, 0.29) is 12.6 Å². The quantitative estimate of drug-likeness (QED) is 0.641. The van der Waals surface area contributed by atoms with Crippen molar-refractivity contribution in [3.8, 4) is 0 Å². The van der Waals surface area contributed by atoms with E-state index in [2.05, 4.69) is 22.6 Å². The van der Waals surface area contributed by atoms with E-state index in [1.54, 1.807) is 6.92 Å². The van der Waals surface area contributed by atoms with Gasteiger partial charge in [-0.1, -0.05) is 6.92 Å². The normalized spacial score (nSPS) is 21.6. The summed E-state index contributed by atoms with van der Waals surface area (Å²) in [4.78, 5) is 24.5. The van der Waals surface area contributed by atoms with Crippen molar-refractivity contribution in [1.29, 1.82) is 0 Å². The second-order valence-corrected chi connectivity index (χ2v) is 4.95. The summed E-state index contributed by atoms with van der Waals surface area (Å²) in [5.41, 5.74) is 0. The molecule has 1 aliphatic rings. The number of nitrogens with one attached hydrogen (secondary N) is 2. The Labute approximate surface area is 108 Å². The Kier molecular flexibility index (Phi) is 5.91. The van der Waals surface area contributed by atoms with Gasteiger partial charge in [0.1, 0.15) is 0 Å². The molecule has 18 heavy (non-hydrogen) atoms. The summed E-state index contributed by atoms with van der Waals surface area (Å²) in [5.74, 6) is -0.870. The molecule has 0 aromatic heterocycles. The molecule has 2 atom stereocenters. The van der Waals surface area contributed by atoms with Gasteiger partial charge in [0.05, 0.1) is 5.92 Å². The highest BCUT2D eigenvalue weighted by atomic mass is 16.4. The number of nitrogens with zero attached hydrogens (tertiary/aromatic N) is 1. The lowest BCUT2D eigenvalue weighted by atomic mass is 10.1. The first-order valence-corrected chi connectivity index (χ1v) is 6.46. The number of carboxylic acid groups (broad SMARTS) is 1. The van der Waals surface area contributed by atoms with Crippen molar-refractivity contribution in [2.75, 3.05) is 33.2 Å². The zero-order chi connectivity index (χ0) is 13.5. The maximum Gasteiger partial charge on any atom is 0.314 e. The average Bonchev–Trinajstić information content (AvgIpc) is 2.73. The maximum atomic E-state index is 11.5.